The minimum atomic E-state index is -0.550. The van der Waals surface area contributed by atoms with Gasteiger partial charge in [0.25, 0.3) is 11.5 Å². The number of aromatic amines is 1. The van der Waals surface area contributed by atoms with Gasteiger partial charge in [-0.25, -0.2) is 4.39 Å². The Morgan fingerprint density at radius 2 is 2.06 bits per heavy atom. The number of amides is 1. The third-order valence-electron chi connectivity index (χ3n) is 5.83. The van der Waals surface area contributed by atoms with Crippen LogP contribution in [0, 0.1) is 12.7 Å². The van der Waals surface area contributed by atoms with Gasteiger partial charge in [0.05, 0.1) is 29.4 Å². The van der Waals surface area contributed by atoms with E-state index in [0.29, 0.717) is 22.4 Å². The molecule has 3 aromatic rings. The predicted octanol–water partition coefficient (Wildman–Crippen LogP) is 4.74. The van der Waals surface area contributed by atoms with Gasteiger partial charge in [0.1, 0.15) is 5.56 Å². The van der Waals surface area contributed by atoms with Crippen LogP contribution in [0.2, 0.25) is 5.02 Å². The van der Waals surface area contributed by atoms with E-state index in [0.717, 1.165) is 24.2 Å². The van der Waals surface area contributed by atoms with Crippen LogP contribution in [-0.4, -0.2) is 34.9 Å². The fraction of sp³-hybridized carbons (Fsp3) is 0.348. The van der Waals surface area contributed by atoms with Crippen LogP contribution in [-0.2, 0) is 0 Å². The van der Waals surface area contributed by atoms with Gasteiger partial charge in [-0.2, -0.15) is 0 Å². The number of ether oxygens (including phenoxy) is 1. The molecule has 0 saturated heterocycles. The van der Waals surface area contributed by atoms with E-state index in [4.69, 9.17) is 16.3 Å². The molecule has 162 valence electrons. The minimum Gasteiger partial charge on any atom is -0.494 e. The van der Waals surface area contributed by atoms with E-state index in [1.165, 1.54) is 24.1 Å². The Labute approximate surface area is 184 Å². The fourth-order valence-corrected chi connectivity index (χ4v) is 4.08. The van der Waals surface area contributed by atoms with Crippen molar-refractivity contribution in [3.8, 4) is 5.75 Å². The Balaban J connectivity index is 1.76. The van der Waals surface area contributed by atoms with Crippen molar-refractivity contribution in [3.05, 3.63) is 68.0 Å². The number of nitrogens with one attached hydrogen (secondary N) is 1. The molecule has 1 aliphatic carbocycles. The molecule has 1 N–H and O–H groups in total. The Hall–Kier alpha value is -2.93. The first-order chi connectivity index (χ1) is 14.7. The first-order valence-electron chi connectivity index (χ1n) is 10.1. The highest BCUT2D eigenvalue weighted by Gasteiger charge is 2.30. The zero-order valence-electron chi connectivity index (χ0n) is 17.8. The monoisotopic (exact) mass is 443 g/mol. The number of hydrogen-bond donors (Lipinski definition) is 1. The molecule has 2 heterocycles. The second-order valence-electron chi connectivity index (χ2n) is 7.97. The first kappa shape index (κ1) is 21.3. The normalized spacial score (nSPS) is 14.5. The Morgan fingerprint density at radius 1 is 1.35 bits per heavy atom. The fourth-order valence-electron chi connectivity index (χ4n) is 3.77. The standard InChI is InChI=1S/C23H23ClFN3O3/c1-11-9-15-19(24)18(22(29)27-21(15)20(26-11)13-5-6-13)23(30)28(3)12(2)14-7-8-16(25)17(10-14)31-4/h7-10,12-13H,5-6H2,1-4H3,(H,27,29)/t12-/m0/s1. The largest absolute Gasteiger partial charge is 0.494 e. The second kappa shape index (κ2) is 7.96. The van der Waals surface area contributed by atoms with Crippen molar-refractivity contribution in [2.24, 2.45) is 0 Å². The summed E-state index contributed by atoms with van der Waals surface area (Å²) in [6.07, 6.45) is 2.04. The van der Waals surface area contributed by atoms with Gasteiger partial charge >= 0.3 is 0 Å². The van der Waals surface area contributed by atoms with Crippen molar-refractivity contribution in [3.63, 3.8) is 0 Å². The molecule has 2 aromatic heterocycles. The molecule has 0 aliphatic heterocycles. The summed E-state index contributed by atoms with van der Waals surface area (Å²) in [5.74, 6) is -0.613. The van der Waals surface area contributed by atoms with Gasteiger partial charge in [0.2, 0.25) is 0 Å². The SMILES string of the molecule is COc1cc([C@H](C)N(C)C(=O)c2c(Cl)c3cc(C)nc(C4CC4)c3[nH]c2=O)ccc1F. The summed E-state index contributed by atoms with van der Waals surface area (Å²) in [7, 11) is 2.96. The molecule has 0 radical (unpaired) electrons. The van der Waals surface area contributed by atoms with E-state index >= 15 is 0 Å². The molecule has 1 amide bonds. The highest BCUT2D eigenvalue weighted by molar-refractivity contribution is 6.38. The molecule has 0 spiro atoms. The number of carbonyl (C=O) groups excluding carboxylic acids is 1. The summed E-state index contributed by atoms with van der Waals surface area (Å²) in [6.45, 7) is 3.65. The van der Waals surface area contributed by atoms with Crippen LogP contribution < -0.4 is 10.3 Å². The van der Waals surface area contributed by atoms with Crippen LogP contribution in [0.15, 0.2) is 29.1 Å². The Kier molecular flexibility index (Phi) is 5.47. The number of carbonyl (C=O) groups is 1. The molecule has 1 aliphatic rings. The lowest BCUT2D eigenvalue weighted by atomic mass is 10.0. The van der Waals surface area contributed by atoms with Crippen LogP contribution in [0.1, 0.15) is 59.0 Å². The van der Waals surface area contributed by atoms with Gasteiger partial charge < -0.3 is 14.6 Å². The molecule has 4 rings (SSSR count). The Morgan fingerprint density at radius 3 is 2.71 bits per heavy atom. The van der Waals surface area contributed by atoms with E-state index in [1.54, 1.807) is 26.1 Å². The summed E-state index contributed by atoms with van der Waals surface area (Å²) in [4.78, 5) is 35.0. The number of hydrogen-bond acceptors (Lipinski definition) is 4. The Bertz CT molecular complexity index is 1250. The summed E-state index contributed by atoms with van der Waals surface area (Å²) < 4.78 is 18.8. The van der Waals surface area contributed by atoms with Crippen molar-refractivity contribution >= 4 is 28.4 Å². The van der Waals surface area contributed by atoms with Crippen molar-refractivity contribution in [2.75, 3.05) is 14.2 Å². The van der Waals surface area contributed by atoms with Crippen LogP contribution in [0.25, 0.3) is 10.9 Å². The second-order valence-corrected chi connectivity index (χ2v) is 8.35. The van der Waals surface area contributed by atoms with E-state index in [9.17, 15) is 14.0 Å². The molecule has 8 heteroatoms. The maximum atomic E-state index is 13.8. The average Bonchev–Trinajstić information content (AvgIpc) is 3.58. The van der Waals surface area contributed by atoms with Gasteiger partial charge in [0, 0.05) is 24.0 Å². The molecule has 0 bridgehead atoms. The summed E-state index contributed by atoms with van der Waals surface area (Å²) in [6, 6.07) is 5.73. The number of pyridine rings is 2. The first-order valence-corrected chi connectivity index (χ1v) is 10.4. The molecular weight excluding hydrogens is 421 g/mol. The number of halogens is 2. The van der Waals surface area contributed by atoms with Gasteiger partial charge in [0.15, 0.2) is 11.6 Å². The van der Waals surface area contributed by atoms with E-state index in [-0.39, 0.29) is 16.3 Å². The minimum absolute atomic E-state index is 0.0855. The predicted molar refractivity (Wildman–Crippen MR) is 118 cm³/mol. The number of methoxy groups -OCH3 is 1. The molecular formula is C23H23ClFN3O3. The van der Waals surface area contributed by atoms with Crippen LogP contribution >= 0.6 is 11.6 Å². The molecule has 1 saturated carbocycles. The average molecular weight is 444 g/mol. The maximum Gasteiger partial charge on any atom is 0.262 e. The lowest BCUT2D eigenvalue weighted by Crippen LogP contribution is -2.34. The zero-order valence-corrected chi connectivity index (χ0v) is 18.5. The number of fused-ring (bicyclic) bond motifs is 1. The number of aryl methyl sites for hydroxylation is 1. The lowest BCUT2D eigenvalue weighted by Gasteiger charge is -2.26. The van der Waals surface area contributed by atoms with Gasteiger partial charge in [-0.15, -0.1) is 0 Å². The van der Waals surface area contributed by atoms with E-state index in [1.807, 2.05) is 6.92 Å². The lowest BCUT2D eigenvalue weighted by molar-refractivity contribution is 0.0741. The summed E-state index contributed by atoms with van der Waals surface area (Å²) in [5.41, 5.74) is 2.20. The smallest absolute Gasteiger partial charge is 0.262 e. The summed E-state index contributed by atoms with van der Waals surface area (Å²) in [5, 5.41) is 0.732. The highest BCUT2D eigenvalue weighted by Crippen LogP contribution is 2.42. The number of aromatic nitrogens is 2. The van der Waals surface area contributed by atoms with Crippen molar-refractivity contribution in [1.29, 1.82) is 0 Å². The maximum absolute atomic E-state index is 13.8. The van der Waals surface area contributed by atoms with Gasteiger partial charge in [-0.3, -0.25) is 14.6 Å². The van der Waals surface area contributed by atoms with Crippen molar-refractivity contribution < 1.29 is 13.9 Å². The van der Waals surface area contributed by atoms with Crippen molar-refractivity contribution in [1.82, 2.24) is 14.9 Å². The molecule has 1 atom stereocenters. The number of benzene rings is 1. The zero-order chi connectivity index (χ0) is 22.4. The van der Waals surface area contributed by atoms with Crippen LogP contribution in [0.5, 0.6) is 5.75 Å². The van der Waals surface area contributed by atoms with Gasteiger partial charge in [-0.05, 0) is 50.5 Å². The van der Waals surface area contributed by atoms with Crippen LogP contribution in [0.3, 0.4) is 0 Å². The number of rotatable bonds is 5. The number of H-pyrrole nitrogens is 1. The van der Waals surface area contributed by atoms with E-state index < -0.39 is 23.3 Å². The third-order valence-corrected chi connectivity index (χ3v) is 6.23. The summed E-state index contributed by atoms with van der Waals surface area (Å²) >= 11 is 6.61. The quantitative estimate of drug-likeness (QED) is 0.617. The number of nitrogens with zero attached hydrogens (tertiary/aromatic N) is 2. The van der Waals surface area contributed by atoms with Crippen LogP contribution in [0.4, 0.5) is 4.39 Å². The third kappa shape index (κ3) is 3.78. The van der Waals surface area contributed by atoms with Crippen molar-refractivity contribution in [2.45, 2.75) is 38.6 Å². The molecule has 6 nitrogen and oxygen atoms in total. The molecule has 0 unspecified atom stereocenters. The molecule has 1 aromatic carbocycles. The topological polar surface area (TPSA) is 75.3 Å². The van der Waals surface area contributed by atoms with E-state index in [2.05, 4.69) is 9.97 Å². The van der Waals surface area contributed by atoms with Gasteiger partial charge in [-0.1, -0.05) is 17.7 Å². The molecule has 31 heavy (non-hydrogen) atoms. The highest BCUT2D eigenvalue weighted by atomic mass is 35.5. The molecule has 1 fully saturated rings.